The molecule has 0 spiro atoms. The average Bonchev–Trinajstić information content (AvgIpc) is 2.73. The molecular formula is C18H17NO2. The summed E-state index contributed by atoms with van der Waals surface area (Å²) in [4.78, 5) is 11.4. The number of fused-ring (bicyclic) bond motifs is 1. The molecular weight excluding hydrogens is 262 g/mol. The van der Waals surface area contributed by atoms with Gasteiger partial charge < -0.3 is 9.67 Å². The second kappa shape index (κ2) is 5.09. The lowest BCUT2D eigenvalue weighted by atomic mass is 9.98. The summed E-state index contributed by atoms with van der Waals surface area (Å²) in [7, 11) is 2.05. The molecule has 3 nitrogen and oxygen atoms in total. The Morgan fingerprint density at radius 3 is 2.52 bits per heavy atom. The summed E-state index contributed by atoms with van der Waals surface area (Å²) in [5.41, 5.74) is 4.78. The van der Waals surface area contributed by atoms with Crippen molar-refractivity contribution in [1.82, 2.24) is 4.57 Å². The lowest BCUT2D eigenvalue weighted by molar-refractivity contribution is 0.0696. The van der Waals surface area contributed by atoms with Gasteiger partial charge >= 0.3 is 5.97 Å². The summed E-state index contributed by atoms with van der Waals surface area (Å²) in [6, 6.07) is 15.5. The molecule has 2 aromatic carbocycles. The van der Waals surface area contributed by atoms with E-state index in [-0.39, 0.29) is 0 Å². The Morgan fingerprint density at radius 1 is 1.10 bits per heavy atom. The molecule has 0 aliphatic heterocycles. The SMILES string of the molecule is Cc1c(Cc2ccccc2C(=O)O)c2ccccc2n1C. The summed E-state index contributed by atoms with van der Waals surface area (Å²) in [5, 5.41) is 10.5. The summed E-state index contributed by atoms with van der Waals surface area (Å²) in [6.07, 6.45) is 0.635. The highest BCUT2D eigenvalue weighted by molar-refractivity contribution is 5.90. The van der Waals surface area contributed by atoms with Crippen LogP contribution < -0.4 is 0 Å². The number of carboxylic acids is 1. The van der Waals surface area contributed by atoms with Crippen LogP contribution in [0.15, 0.2) is 48.5 Å². The Hall–Kier alpha value is -2.55. The molecule has 3 aromatic rings. The van der Waals surface area contributed by atoms with Crippen molar-refractivity contribution < 1.29 is 9.90 Å². The maximum atomic E-state index is 11.4. The van der Waals surface area contributed by atoms with Crippen LogP contribution in [0.1, 0.15) is 27.2 Å². The Kier molecular flexibility index (Phi) is 3.26. The van der Waals surface area contributed by atoms with Crippen molar-refractivity contribution in [2.24, 2.45) is 7.05 Å². The maximum Gasteiger partial charge on any atom is 0.335 e. The van der Waals surface area contributed by atoms with E-state index >= 15 is 0 Å². The van der Waals surface area contributed by atoms with Gasteiger partial charge in [0.25, 0.3) is 0 Å². The van der Waals surface area contributed by atoms with E-state index in [2.05, 4.69) is 23.6 Å². The molecule has 1 heterocycles. The van der Waals surface area contributed by atoms with Crippen molar-refractivity contribution in [1.29, 1.82) is 0 Å². The molecule has 106 valence electrons. The first kappa shape index (κ1) is 13.4. The predicted octanol–water partition coefficient (Wildman–Crippen LogP) is 3.78. The molecule has 1 aromatic heterocycles. The highest BCUT2D eigenvalue weighted by Crippen LogP contribution is 2.27. The van der Waals surface area contributed by atoms with Crippen molar-refractivity contribution in [3.63, 3.8) is 0 Å². The van der Waals surface area contributed by atoms with Crippen LogP contribution in [-0.2, 0) is 13.5 Å². The monoisotopic (exact) mass is 279 g/mol. The van der Waals surface area contributed by atoms with Gasteiger partial charge in [0, 0.05) is 30.1 Å². The molecule has 0 saturated heterocycles. The highest BCUT2D eigenvalue weighted by atomic mass is 16.4. The Bertz CT molecular complexity index is 830. The number of aryl methyl sites for hydroxylation is 1. The minimum Gasteiger partial charge on any atom is -0.478 e. The van der Waals surface area contributed by atoms with Crippen LogP contribution in [0.3, 0.4) is 0 Å². The zero-order valence-corrected chi connectivity index (χ0v) is 12.1. The number of para-hydroxylation sites is 1. The number of benzene rings is 2. The summed E-state index contributed by atoms with van der Waals surface area (Å²) >= 11 is 0. The van der Waals surface area contributed by atoms with E-state index in [1.165, 1.54) is 22.2 Å². The number of carboxylic acid groups (broad SMARTS) is 1. The third-order valence-corrected chi connectivity index (χ3v) is 4.15. The average molecular weight is 279 g/mol. The van der Waals surface area contributed by atoms with Crippen molar-refractivity contribution in [3.8, 4) is 0 Å². The first-order chi connectivity index (χ1) is 10.1. The van der Waals surface area contributed by atoms with Crippen molar-refractivity contribution in [2.75, 3.05) is 0 Å². The zero-order valence-electron chi connectivity index (χ0n) is 12.1. The van der Waals surface area contributed by atoms with Crippen molar-refractivity contribution in [3.05, 3.63) is 70.9 Å². The van der Waals surface area contributed by atoms with Gasteiger partial charge in [0.05, 0.1) is 5.56 Å². The molecule has 21 heavy (non-hydrogen) atoms. The van der Waals surface area contributed by atoms with E-state index in [1.54, 1.807) is 12.1 Å². The van der Waals surface area contributed by atoms with Crippen LogP contribution in [0.4, 0.5) is 0 Å². The van der Waals surface area contributed by atoms with E-state index in [1.807, 2.05) is 31.3 Å². The van der Waals surface area contributed by atoms with Crippen molar-refractivity contribution in [2.45, 2.75) is 13.3 Å². The Labute approximate surface area is 123 Å². The van der Waals surface area contributed by atoms with E-state index in [0.29, 0.717) is 12.0 Å². The van der Waals surface area contributed by atoms with Gasteiger partial charge in [-0.15, -0.1) is 0 Å². The molecule has 0 atom stereocenters. The summed E-state index contributed by atoms with van der Waals surface area (Å²) < 4.78 is 2.16. The van der Waals surface area contributed by atoms with Gasteiger partial charge in [-0.05, 0) is 30.2 Å². The molecule has 0 aliphatic rings. The topological polar surface area (TPSA) is 42.2 Å². The van der Waals surface area contributed by atoms with E-state index < -0.39 is 5.97 Å². The third-order valence-electron chi connectivity index (χ3n) is 4.15. The van der Waals surface area contributed by atoms with Crippen LogP contribution in [-0.4, -0.2) is 15.6 Å². The fourth-order valence-corrected chi connectivity index (χ4v) is 2.90. The number of rotatable bonds is 3. The molecule has 0 fully saturated rings. The normalized spacial score (nSPS) is 11.0. The van der Waals surface area contributed by atoms with Crippen LogP contribution >= 0.6 is 0 Å². The molecule has 0 amide bonds. The molecule has 0 radical (unpaired) electrons. The zero-order chi connectivity index (χ0) is 15.0. The number of hydrogen-bond acceptors (Lipinski definition) is 1. The molecule has 1 N–H and O–H groups in total. The first-order valence-corrected chi connectivity index (χ1v) is 6.93. The standard InChI is InChI=1S/C18H17NO2/c1-12-16(15-9-5-6-10-17(15)19(12)2)11-13-7-3-4-8-14(13)18(20)21/h3-10H,11H2,1-2H3,(H,20,21). The van der Waals surface area contributed by atoms with Crippen molar-refractivity contribution >= 4 is 16.9 Å². The molecule has 0 saturated carbocycles. The summed E-state index contributed by atoms with van der Waals surface area (Å²) in [5.74, 6) is -0.872. The number of aromatic nitrogens is 1. The van der Waals surface area contributed by atoms with Crippen LogP contribution in [0.2, 0.25) is 0 Å². The van der Waals surface area contributed by atoms with E-state index in [9.17, 15) is 9.90 Å². The lowest BCUT2D eigenvalue weighted by Crippen LogP contribution is -2.03. The van der Waals surface area contributed by atoms with Crippen LogP contribution in [0, 0.1) is 6.92 Å². The highest BCUT2D eigenvalue weighted by Gasteiger charge is 2.15. The molecule has 0 unspecified atom stereocenters. The van der Waals surface area contributed by atoms with Gasteiger partial charge in [-0.3, -0.25) is 0 Å². The van der Waals surface area contributed by atoms with Crippen LogP contribution in [0.25, 0.3) is 10.9 Å². The second-order valence-electron chi connectivity index (χ2n) is 5.28. The van der Waals surface area contributed by atoms with E-state index in [4.69, 9.17) is 0 Å². The minimum absolute atomic E-state index is 0.379. The number of hydrogen-bond donors (Lipinski definition) is 1. The van der Waals surface area contributed by atoms with Gasteiger partial charge in [-0.25, -0.2) is 4.79 Å². The lowest BCUT2D eigenvalue weighted by Gasteiger charge is -2.07. The maximum absolute atomic E-state index is 11.4. The Balaban J connectivity index is 2.15. The smallest absolute Gasteiger partial charge is 0.335 e. The Morgan fingerprint density at radius 2 is 1.76 bits per heavy atom. The fraction of sp³-hybridized carbons (Fsp3) is 0.167. The van der Waals surface area contributed by atoms with Gasteiger partial charge in [-0.2, -0.15) is 0 Å². The van der Waals surface area contributed by atoms with Crippen LogP contribution in [0.5, 0.6) is 0 Å². The molecule has 0 aliphatic carbocycles. The molecule has 0 bridgehead atoms. The van der Waals surface area contributed by atoms with Gasteiger partial charge in [0.15, 0.2) is 0 Å². The predicted molar refractivity (Wildman–Crippen MR) is 83.9 cm³/mol. The van der Waals surface area contributed by atoms with Gasteiger partial charge in [-0.1, -0.05) is 36.4 Å². The third kappa shape index (κ3) is 2.21. The van der Waals surface area contributed by atoms with Gasteiger partial charge in [0.1, 0.15) is 0 Å². The molecule has 3 rings (SSSR count). The number of carbonyl (C=O) groups is 1. The number of nitrogens with zero attached hydrogens (tertiary/aromatic N) is 1. The molecule has 3 heteroatoms. The quantitative estimate of drug-likeness (QED) is 0.793. The van der Waals surface area contributed by atoms with Gasteiger partial charge in [0.2, 0.25) is 0 Å². The largest absolute Gasteiger partial charge is 0.478 e. The van der Waals surface area contributed by atoms with E-state index in [0.717, 1.165) is 5.56 Å². The summed E-state index contributed by atoms with van der Waals surface area (Å²) in [6.45, 7) is 2.08. The minimum atomic E-state index is -0.872. The number of aromatic carboxylic acids is 1. The first-order valence-electron chi connectivity index (χ1n) is 6.93. The second-order valence-corrected chi connectivity index (χ2v) is 5.28. The fourth-order valence-electron chi connectivity index (χ4n) is 2.90.